The average Bonchev–Trinajstić information content (AvgIpc) is 2.27. The van der Waals surface area contributed by atoms with Gasteiger partial charge in [-0.05, 0) is 29.8 Å². The Balaban J connectivity index is 3.35. The molecule has 4 nitrogen and oxygen atoms in total. The summed E-state index contributed by atoms with van der Waals surface area (Å²) < 4.78 is 0. The van der Waals surface area contributed by atoms with Crippen molar-refractivity contribution in [2.45, 2.75) is 0 Å². The van der Waals surface area contributed by atoms with Crippen LogP contribution in [-0.4, -0.2) is 5.11 Å². The molecule has 0 unspecified atom stereocenters. The van der Waals surface area contributed by atoms with Crippen LogP contribution in [0.15, 0.2) is 29.8 Å². The molecule has 1 rings (SSSR count). The number of nitrogens with zero attached hydrogens (tertiary/aromatic N) is 3. The SMILES string of the molecule is N#CC(C#N)=C(C#N)c1ccc(O)cc1. The molecule has 0 saturated carbocycles. The molecule has 0 aliphatic rings. The second kappa shape index (κ2) is 4.46. The summed E-state index contributed by atoms with van der Waals surface area (Å²) in [6.45, 7) is 0. The standard InChI is InChI=1S/C11H5N3O/c12-5-9(6-13)11(7-14)8-1-3-10(15)4-2-8/h1-4,15H. The second-order valence-corrected chi connectivity index (χ2v) is 2.63. The summed E-state index contributed by atoms with van der Waals surface area (Å²) in [5, 5.41) is 35.1. The van der Waals surface area contributed by atoms with Crippen LogP contribution in [0.4, 0.5) is 0 Å². The molecule has 0 saturated heterocycles. The first kappa shape index (κ1) is 10.3. The number of phenolic OH excluding ortho intramolecular Hbond substituents is 1. The Hall–Kier alpha value is -2.77. The van der Waals surface area contributed by atoms with Crippen LogP contribution in [0.1, 0.15) is 5.56 Å². The Bertz CT molecular complexity index is 505. The lowest BCUT2D eigenvalue weighted by Gasteiger charge is -1.98. The minimum Gasteiger partial charge on any atom is -0.508 e. The van der Waals surface area contributed by atoms with Crippen LogP contribution in [0.25, 0.3) is 5.57 Å². The molecule has 1 aromatic rings. The predicted molar refractivity (Wildman–Crippen MR) is 51.9 cm³/mol. The van der Waals surface area contributed by atoms with Crippen molar-refractivity contribution in [3.05, 3.63) is 35.4 Å². The third-order valence-electron chi connectivity index (χ3n) is 1.74. The molecule has 0 amide bonds. The van der Waals surface area contributed by atoms with Crippen molar-refractivity contribution in [1.82, 2.24) is 0 Å². The van der Waals surface area contributed by atoms with Gasteiger partial charge in [-0.1, -0.05) is 0 Å². The fraction of sp³-hybridized carbons (Fsp3) is 0. The zero-order valence-electron chi connectivity index (χ0n) is 7.60. The van der Waals surface area contributed by atoms with E-state index in [0.29, 0.717) is 5.56 Å². The van der Waals surface area contributed by atoms with E-state index in [1.54, 1.807) is 18.2 Å². The second-order valence-electron chi connectivity index (χ2n) is 2.63. The molecule has 0 radical (unpaired) electrons. The molecule has 1 N–H and O–H groups in total. The summed E-state index contributed by atoms with van der Waals surface area (Å²) in [5.74, 6) is 0.0616. The topological polar surface area (TPSA) is 91.6 Å². The number of allylic oxidation sites excluding steroid dienone is 2. The number of nitriles is 3. The Kier molecular flexibility index (Phi) is 3.07. The smallest absolute Gasteiger partial charge is 0.148 e. The first-order valence-electron chi connectivity index (χ1n) is 3.97. The van der Waals surface area contributed by atoms with E-state index in [2.05, 4.69) is 0 Å². The maximum Gasteiger partial charge on any atom is 0.148 e. The molecular weight excluding hydrogens is 190 g/mol. The van der Waals surface area contributed by atoms with Gasteiger partial charge in [-0.2, -0.15) is 15.8 Å². The molecule has 15 heavy (non-hydrogen) atoms. The van der Waals surface area contributed by atoms with E-state index in [1.165, 1.54) is 24.3 Å². The van der Waals surface area contributed by atoms with Gasteiger partial charge < -0.3 is 5.11 Å². The minimum atomic E-state index is -0.233. The highest BCUT2D eigenvalue weighted by Gasteiger charge is 2.07. The monoisotopic (exact) mass is 195 g/mol. The van der Waals surface area contributed by atoms with Gasteiger partial charge in [0.2, 0.25) is 0 Å². The Morgan fingerprint density at radius 2 is 1.47 bits per heavy atom. The molecule has 0 aliphatic heterocycles. The molecule has 0 bridgehead atoms. The van der Waals surface area contributed by atoms with Crippen LogP contribution in [0.2, 0.25) is 0 Å². The van der Waals surface area contributed by atoms with E-state index < -0.39 is 0 Å². The van der Waals surface area contributed by atoms with Crippen LogP contribution in [0.3, 0.4) is 0 Å². The molecule has 0 fully saturated rings. The van der Waals surface area contributed by atoms with Gasteiger partial charge in [-0.15, -0.1) is 0 Å². The van der Waals surface area contributed by atoms with Crippen LogP contribution in [0.5, 0.6) is 5.75 Å². The van der Waals surface area contributed by atoms with Gasteiger partial charge in [-0.25, -0.2) is 0 Å². The molecule has 4 heteroatoms. The van der Waals surface area contributed by atoms with E-state index in [4.69, 9.17) is 20.9 Å². The first-order valence-corrected chi connectivity index (χ1v) is 3.97. The Morgan fingerprint density at radius 3 is 1.87 bits per heavy atom. The molecule has 1 aromatic carbocycles. The molecular formula is C11H5N3O. The highest BCUT2D eigenvalue weighted by molar-refractivity contribution is 5.84. The van der Waals surface area contributed by atoms with Gasteiger partial charge in [0, 0.05) is 0 Å². The summed E-state index contributed by atoms with van der Waals surface area (Å²) >= 11 is 0. The maximum absolute atomic E-state index is 9.04. The van der Waals surface area contributed by atoms with Crippen molar-refractivity contribution in [2.75, 3.05) is 0 Å². The van der Waals surface area contributed by atoms with E-state index in [9.17, 15) is 0 Å². The Morgan fingerprint density at radius 1 is 0.933 bits per heavy atom. The third-order valence-corrected chi connectivity index (χ3v) is 1.74. The van der Waals surface area contributed by atoms with E-state index in [1.807, 2.05) is 0 Å². The molecule has 0 aliphatic carbocycles. The highest BCUT2D eigenvalue weighted by atomic mass is 16.3. The van der Waals surface area contributed by atoms with E-state index in [-0.39, 0.29) is 16.9 Å². The summed E-state index contributed by atoms with van der Waals surface area (Å²) in [6.07, 6.45) is 0. The maximum atomic E-state index is 9.04. The van der Waals surface area contributed by atoms with Gasteiger partial charge in [0.15, 0.2) is 0 Å². The summed E-state index contributed by atoms with van der Waals surface area (Å²) in [6, 6.07) is 10.8. The molecule has 0 atom stereocenters. The highest BCUT2D eigenvalue weighted by Crippen LogP contribution is 2.20. The molecule has 0 heterocycles. The van der Waals surface area contributed by atoms with Gasteiger partial charge >= 0.3 is 0 Å². The van der Waals surface area contributed by atoms with E-state index in [0.717, 1.165) is 0 Å². The normalized spacial score (nSPS) is 8.07. The first-order chi connectivity index (χ1) is 7.22. The predicted octanol–water partition coefficient (Wildman–Crippen LogP) is 1.72. The molecule has 0 aromatic heterocycles. The van der Waals surface area contributed by atoms with Crippen molar-refractivity contribution in [3.8, 4) is 24.0 Å². The zero-order valence-corrected chi connectivity index (χ0v) is 7.60. The summed E-state index contributed by atoms with van der Waals surface area (Å²) in [4.78, 5) is 0. The number of hydrogen-bond donors (Lipinski definition) is 1. The van der Waals surface area contributed by atoms with Gasteiger partial charge in [-0.3, -0.25) is 0 Å². The van der Waals surface area contributed by atoms with Gasteiger partial charge in [0.25, 0.3) is 0 Å². The number of hydrogen-bond acceptors (Lipinski definition) is 4. The third kappa shape index (κ3) is 2.12. The minimum absolute atomic E-state index is 0.0139. The van der Waals surface area contributed by atoms with Crippen molar-refractivity contribution in [3.63, 3.8) is 0 Å². The fourth-order valence-electron chi connectivity index (χ4n) is 1.03. The summed E-state index contributed by atoms with van der Waals surface area (Å²) in [7, 11) is 0. The zero-order chi connectivity index (χ0) is 11.3. The van der Waals surface area contributed by atoms with Crippen molar-refractivity contribution in [2.24, 2.45) is 0 Å². The van der Waals surface area contributed by atoms with Gasteiger partial charge in [0.1, 0.15) is 29.5 Å². The van der Waals surface area contributed by atoms with Crippen LogP contribution < -0.4 is 0 Å². The fourth-order valence-corrected chi connectivity index (χ4v) is 1.03. The molecule has 0 spiro atoms. The number of benzene rings is 1. The molecule has 70 valence electrons. The van der Waals surface area contributed by atoms with Crippen LogP contribution in [-0.2, 0) is 0 Å². The van der Waals surface area contributed by atoms with Crippen LogP contribution >= 0.6 is 0 Å². The average molecular weight is 195 g/mol. The summed E-state index contributed by atoms with van der Waals surface area (Å²) in [5.41, 5.74) is 0.219. The number of aromatic hydroxyl groups is 1. The largest absolute Gasteiger partial charge is 0.508 e. The van der Waals surface area contributed by atoms with Crippen molar-refractivity contribution in [1.29, 1.82) is 15.8 Å². The quantitative estimate of drug-likeness (QED) is 0.690. The van der Waals surface area contributed by atoms with E-state index >= 15 is 0 Å². The van der Waals surface area contributed by atoms with Crippen LogP contribution in [0, 0.1) is 34.0 Å². The lowest BCUT2D eigenvalue weighted by molar-refractivity contribution is 0.475. The lowest BCUT2D eigenvalue weighted by Crippen LogP contribution is -1.85. The van der Waals surface area contributed by atoms with Gasteiger partial charge in [0.05, 0.1) is 5.57 Å². The van der Waals surface area contributed by atoms with Crippen molar-refractivity contribution < 1.29 is 5.11 Å². The Labute approximate surface area is 86.5 Å². The van der Waals surface area contributed by atoms with Crippen molar-refractivity contribution >= 4 is 5.57 Å². The number of rotatable bonds is 1. The number of phenols is 1. The lowest BCUT2D eigenvalue weighted by atomic mass is 10.0.